The predicted octanol–water partition coefficient (Wildman–Crippen LogP) is 3.13. The fourth-order valence-corrected chi connectivity index (χ4v) is 1.60. The van der Waals surface area contributed by atoms with Crippen LogP contribution in [0.5, 0.6) is 0 Å². The van der Waals surface area contributed by atoms with E-state index in [2.05, 4.69) is 44.2 Å². The Bertz CT molecular complexity index is 291. The van der Waals surface area contributed by atoms with Gasteiger partial charge in [0.15, 0.2) is 0 Å². The molecule has 76 valence electrons. The van der Waals surface area contributed by atoms with E-state index in [1.165, 1.54) is 16.7 Å². The highest BCUT2D eigenvalue weighted by Crippen LogP contribution is 2.17. The molecule has 0 amide bonds. The molecule has 0 heterocycles. The Labute approximate surface area is 86.6 Å². The van der Waals surface area contributed by atoms with Gasteiger partial charge >= 0.3 is 0 Å². The van der Waals surface area contributed by atoms with Crippen LogP contribution in [0.25, 0.3) is 6.08 Å². The molecule has 0 radical (unpaired) electrons. The summed E-state index contributed by atoms with van der Waals surface area (Å²) in [5, 5.41) is 0. The van der Waals surface area contributed by atoms with Gasteiger partial charge in [-0.05, 0) is 29.5 Å². The highest BCUT2D eigenvalue weighted by atomic mass is 14.5. The van der Waals surface area contributed by atoms with Gasteiger partial charge in [0.2, 0.25) is 0 Å². The Kier molecular flexibility index (Phi) is 4.41. The largest absolute Gasteiger partial charge is 0.326 e. The first-order chi connectivity index (χ1) is 6.83. The van der Waals surface area contributed by atoms with Gasteiger partial charge in [-0.15, -0.1) is 0 Å². The maximum Gasteiger partial charge on any atom is 0.0184 e. The first kappa shape index (κ1) is 11.0. The van der Waals surface area contributed by atoms with Crippen molar-refractivity contribution in [2.75, 3.05) is 0 Å². The van der Waals surface area contributed by atoms with Gasteiger partial charge in [-0.2, -0.15) is 0 Å². The van der Waals surface area contributed by atoms with E-state index in [-0.39, 0.29) is 0 Å². The summed E-state index contributed by atoms with van der Waals surface area (Å²) in [7, 11) is 0. The number of allylic oxidation sites excluding steroid dienone is 1. The van der Waals surface area contributed by atoms with Crippen LogP contribution in [0.15, 0.2) is 24.3 Å². The molecule has 1 aromatic carbocycles. The maximum absolute atomic E-state index is 5.71. The van der Waals surface area contributed by atoms with Crippen molar-refractivity contribution in [3.63, 3.8) is 0 Å². The average molecular weight is 189 g/mol. The van der Waals surface area contributed by atoms with Crippen LogP contribution in [-0.2, 0) is 13.0 Å². The van der Waals surface area contributed by atoms with Crippen molar-refractivity contribution in [1.82, 2.24) is 0 Å². The third-order valence-electron chi connectivity index (χ3n) is 2.41. The molecule has 0 aliphatic heterocycles. The van der Waals surface area contributed by atoms with Gasteiger partial charge in [0.1, 0.15) is 0 Å². The summed E-state index contributed by atoms with van der Waals surface area (Å²) in [6.45, 7) is 4.95. The number of rotatable bonds is 4. The molecule has 0 atom stereocenters. The zero-order valence-corrected chi connectivity index (χ0v) is 9.09. The van der Waals surface area contributed by atoms with Crippen LogP contribution in [0.2, 0.25) is 0 Å². The lowest BCUT2D eigenvalue weighted by Gasteiger charge is -2.08. The topological polar surface area (TPSA) is 26.0 Å². The van der Waals surface area contributed by atoms with E-state index in [1.807, 2.05) is 0 Å². The molecule has 0 unspecified atom stereocenters. The van der Waals surface area contributed by atoms with E-state index in [9.17, 15) is 0 Å². The van der Waals surface area contributed by atoms with Crippen molar-refractivity contribution >= 4 is 6.08 Å². The van der Waals surface area contributed by atoms with Crippen LogP contribution in [0.4, 0.5) is 0 Å². The fourth-order valence-electron chi connectivity index (χ4n) is 1.60. The van der Waals surface area contributed by atoms with Crippen molar-refractivity contribution in [2.45, 2.75) is 33.2 Å². The first-order valence-electron chi connectivity index (χ1n) is 5.30. The van der Waals surface area contributed by atoms with Crippen LogP contribution >= 0.6 is 0 Å². The molecular weight excluding hydrogens is 170 g/mol. The quantitative estimate of drug-likeness (QED) is 0.773. The summed E-state index contributed by atoms with van der Waals surface area (Å²) in [4.78, 5) is 0. The van der Waals surface area contributed by atoms with Crippen molar-refractivity contribution in [3.05, 3.63) is 41.0 Å². The smallest absolute Gasteiger partial charge is 0.0184 e. The minimum absolute atomic E-state index is 0.622. The van der Waals surface area contributed by atoms with E-state index in [0.29, 0.717) is 6.54 Å². The summed E-state index contributed by atoms with van der Waals surface area (Å²) < 4.78 is 0. The van der Waals surface area contributed by atoms with Crippen LogP contribution < -0.4 is 5.73 Å². The average Bonchev–Trinajstić information content (AvgIpc) is 2.25. The Morgan fingerprint density at radius 1 is 1.21 bits per heavy atom. The summed E-state index contributed by atoms with van der Waals surface area (Å²) in [6, 6.07) is 6.37. The summed E-state index contributed by atoms with van der Waals surface area (Å²) >= 11 is 0. The molecule has 0 saturated heterocycles. The zero-order valence-electron chi connectivity index (χ0n) is 9.09. The van der Waals surface area contributed by atoms with Crippen LogP contribution in [0.3, 0.4) is 0 Å². The van der Waals surface area contributed by atoms with E-state index < -0.39 is 0 Å². The second-order valence-corrected chi connectivity index (χ2v) is 3.36. The standard InChI is InChI=1S/C13H19N/c1-3-5-9-13-11(4-2)7-6-8-12(13)10-14/h5-9H,3-4,10,14H2,1-2H3/b9-5-. The number of nitrogens with two attached hydrogens (primary N) is 1. The van der Waals surface area contributed by atoms with Crippen molar-refractivity contribution in [2.24, 2.45) is 5.73 Å². The lowest BCUT2D eigenvalue weighted by Crippen LogP contribution is -2.01. The molecule has 0 spiro atoms. The molecule has 1 nitrogen and oxygen atoms in total. The first-order valence-corrected chi connectivity index (χ1v) is 5.30. The molecule has 0 saturated carbocycles. The Morgan fingerprint density at radius 3 is 2.50 bits per heavy atom. The third-order valence-corrected chi connectivity index (χ3v) is 2.41. The highest BCUT2D eigenvalue weighted by Gasteiger charge is 2.01. The number of hydrogen-bond acceptors (Lipinski definition) is 1. The van der Waals surface area contributed by atoms with Crippen molar-refractivity contribution < 1.29 is 0 Å². The normalized spacial score (nSPS) is 11.1. The molecule has 0 aliphatic carbocycles. The minimum atomic E-state index is 0.622. The van der Waals surface area contributed by atoms with Gasteiger partial charge in [-0.3, -0.25) is 0 Å². The van der Waals surface area contributed by atoms with Gasteiger partial charge in [-0.1, -0.05) is 44.2 Å². The van der Waals surface area contributed by atoms with Crippen LogP contribution in [-0.4, -0.2) is 0 Å². The highest BCUT2D eigenvalue weighted by molar-refractivity contribution is 5.58. The predicted molar refractivity (Wildman–Crippen MR) is 63.0 cm³/mol. The fraction of sp³-hybridized carbons (Fsp3) is 0.385. The van der Waals surface area contributed by atoms with Crippen LogP contribution in [0, 0.1) is 0 Å². The van der Waals surface area contributed by atoms with Gasteiger partial charge in [0, 0.05) is 6.54 Å². The van der Waals surface area contributed by atoms with Gasteiger partial charge in [0.05, 0.1) is 0 Å². The second kappa shape index (κ2) is 5.61. The second-order valence-electron chi connectivity index (χ2n) is 3.36. The van der Waals surface area contributed by atoms with Gasteiger partial charge in [0.25, 0.3) is 0 Å². The molecule has 0 aliphatic rings. The van der Waals surface area contributed by atoms with Gasteiger partial charge < -0.3 is 5.73 Å². The molecule has 0 bridgehead atoms. The van der Waals surface area contributed by atoms with Gasteiger partial charge in [-0.25, -0.2) is 0 Å². The Morgan fingerprint density at radius 2 is 1.93 bits per heavy atom. The SMILES string of the molecule is CC/C=C\c1c(CC)cccc1CN. The Hall–Kier alpha value is -1.08. The van der Waals surface area contributed by atoms with Crippen LogP contribution in [0.1, 0.15) is 37.0 Å². The molecule has 2 N–H and O–H groups in total. The summed E-state index contributed by atoms with van der Waals surface area (Å²) in [6.07, 6.45) is 6.52. The number of aryl methyl sites for hydroxylation is 1. The molecule has 1 aromatic rings. The molecule has 1 rings (SSSR count). The minimum Gasteiger partial charge on any atom is -0.326 e. The van der Waals surface area contributed by atoms with Crippen molar-refractivity contribution in [3.8, 4) is 0 Å². The number of hydrogen-bond donors (Lipinski definition) is 1. The third kappa shape index (κ3) is 2.46. The number of benzene rings is 1. The maximum atomic E-state index is 5.71. The summed E-state index contributed by atoms with van der Waals surface area (Å²) in [5.74, 6) is 0. The molecule has 14 heavy (non-hydrogen) atoms. The zero-order chi connectivity index (χ0) is 10.4. The lowest BCUT2D eigenvalue weighted by molar-refractivity contribution is 1.04. The monoisotopic (exact) mass is 189 g/mol. The Balaban J connectivity index is 3.12. The molecule has 1 heteroatoms. The van der Waals surface area contributed by atoms with E-state index >= 15 is 0 Å². The van der Waals surface area contributed by atoms with E-state index in [0.717, 1.165) is 12.8 Å². The van der Waals surface area contributed by atoms with E-state index in [1.54, 1.807) is 0 Å². The molecule has 0 aromatic heterocycles. The lowest BCUT2D eigenvalue weighted by atomic mass is 9.98. The summed E-state index contributed by atoms with van der Waals surface area (Å²) in [5.41, 5.74) is 9.66. The molecular formula is C13H19N. The van der Waals surface area contributed by atoms with E-state index in [4.69, 9.17) is 5.73 Å². The molecule has 0 fully saturated rings. The van der Waals surface area contributed by atoms with Crippen molar-refractivity contribution in [1.29, 1.82) is 0 Å².